The maximum absolute atomic E-state index is 13.2. The summed E-state index contributed by atoms with van der Waals surface area (Å²) < 4.78 is 58.0. The predicted molar refractivity (Wildman–Crippen MR) is 90.0 cm³/mol. The van der Waals surface area contributed by atoms with E-state index in [1.165, 1.54) is 6.07 Å². The summed E-state index contributed by atoms with van der Waals surface area (Å²) in [6.07, 6.45) is -3.04. The maximum atomic E-state index is 13.2. The molecule has 0 bridgehead atoms. The van der Waals surface area contributed by atoms with Crippen LogP contribution < -0.4 is 10.8 Å². The molecule has 0 spiro atoms. The van der Waals surface area contributed by atoms with E-state index in [2.05, 4.69) is 5.32 Å². The van der Waals surface area contributed by atoms with E-state index in [0.29, 0.717) is 11.4 Å². The minimum Gasteiger partial charge on any atom is -0.423 e. The Bertz CT molecular complexity index is 914. The average molecular weight is 379 g/mol. The summed E-state index contributed by atoms with van der Waals surface area (Å²) in [5.74, 6) is -1.74. The largest absolute Gasteiger partial charge is 0.492 e. The number of hydrogen-bond donors (Lipinski definition) is 2. The fourth-order valence-corrected chi connectivity index (χ4v) is 3.32. The summed E-state index contributed by atoms with van der Waals surface area (Å²) in [4.78, 5) is 12.3. The van der Waals surface area contributed by atoms with Gasteiger partial charge in [0.15, 0.2) is 0 Å². The summed E-state index contributed by atoms with van der Waals surface area (Å²) in [7, 11) is -1.14. The zero-order valence-corrected chi connectivity index (χ0v) is 13.9. The molecular formula is C18H14BF4NO3. The van der Waals surface area contributed by atoms with Gasteiger partial charge in [0.1, 0.15) is 5.82 Å². The summed E-state index contributed by atoms with van der Waals surface area (Å²) in [6, 6.07) is 6.60. The Labute approximate surface area is 152 Å². The zero-order valence-electron chi connectivity index (χ0n) is 13.9. The van der Waals surface area contributed by atoms with Crippen LogP contribution >= 0.6 is 0 Å². The molecule has 4 nitrogen and oxygen atoms in total. The van der Waals surface area contributed by atoms with Gasteiger partial charge in [-0.1, -0.05) is 6.07 Å². The van der Waals surface area contributed by atoms with Gasteiger partial charge in [0, 0.05) is 5.69 Å². The first-order valence-electron chi connectivity index (χ1n) is 8.39. The summed E-state index contributed by atoms with van der Waals surface area (Å²) in [5, 5.41) is 12.4. The van der Waals surface area contributed by atoms with Crippen molar-refractivity contribution in [3.8, 4) is 0 Å². The van der Waals surface area contributed by atoms with Crippen LogP contribution in [0.15, 0.2) is 36.4 Å². The van der Waals surface area contributed by atoms with Crippen molar-refractivity contribution >= 4 is 24.2 Å². The standard InChI is InChI=1S/C18H14BF4NO3/c20-10-3-5-12(14(7-10)18(21,22)23)17(25)24-11-4-6-13-15(8-11)19(26)27-16(13)9-1-2-9/h3-9,16,26H,1-2H2,(H,24,25). The number of alkyl halides is 3. The smallest absolute Gasteiger partial charge is 0.423 e. The lowest BCUT2D eigenvalue weighted by atomic mass is 9.79. The highest BCUT2D eigenvalue weighted by atomic mass is 19.4. The van der Waals surface area contributed by atoms with Crippen molar-refractivity contribution in [1.82, 2.24) is 0 Å². The van der Waals surface area contributed by atoms with Crippen molar-refractivity contribution in [2.75, 3.05) is 5.32 Å². The lowest BCUT2D eigenvalue weighted by molar-refractivity contribution is -0.138. The van der Waals surface area contributed by atoms with Crippen LogP contribution in [0.25, 0.3) is 0 Å². The molecule has 1 heterocycles. The van der Waals surface area contributed by atoms with Crippen LogP contribution in [-0.2, 0) is 10.8 Å². The molecule has 1 atom stereocenters. The number of amides is 1. The molecular weight excluding hydrogens is 365 g/mol. The molecule has 0 aromatic heterocycles. The van der Waals surface area contributed by atoms with Crippen molar-refractivity contribution in [3.05, 3.63) is 58.9 Å². The van der Waals surface area contributed by atoms with E-state index in [9.17, 15) is 27.4 Å². The minimum atomic E-state index is -4.87. The number of carbonyl (C=O) groups is 1. The van der Waals surface area contributed by atoms with Gasteiger partial charge < -0.3 is 15.0 Å². The second kappa shape index (κ2) is 6.35. The van der Waals surface area contributed by atoms with Gasteiger partial charge in [0.25, 0.3) is 5.91 Å². The SMILES string of the molecule is O=C(Nc1ccc2c(c1)B(O)OC2C1CC1)c1ccc(F)cc1C(F)(F)F. The van der Waals surface area contributed by atoms with Crippen LogP contribution in [0, 0.1) is 11.7 Å². The van der Waals surface area contributed by atoms with E-state index in [1.807, 2.05) is 0 Å². The second-order valence-electron chi connectivity index (χ2n) is 6.73. The van der Waals surface area contributed by atoms with E-state index in [4.69, 9.17) is 4.65 Å². The molecule has 9 heteroatoms. The van der Waals surface area contributed by atoms with Crippen molar-refractivity contribution in [3.63, 3.8) is 0 Å². The first-order valence-corrected chi connectivity index (χ1v) is 8.39. The number of halogens is 4. The number of hydrogen-bond acceptors (Lipinski definition) is 3. The Morgan fingerprint density at radius 1 is 1.19 bits per heavy atom. The van der Waals surface area contributed by atoms with Crippen molar-refractivity contribution in [1.29, 1.82) is 0 Å². The normalized spacial score (nSPS) is 19.1. The van der Waals surface area contributed by atoms with Gasteiger partial charge in [-0.3, -0.25) is 4.79 Å². The molecule has 27 heavy (non-hydrogen) atoms. The summed E-state index contributed by atoms with van der Waals surface area (Å²) in [5.41, 5.74) is -0.508. The second-order valence-corrected chi connectivity index (χ2v) is 6.73. The molecule has 4 rings (SSSR count). The van der Waals surface area contributed by atoms with Gasteiger partial charge in [-0.05, 0) is 60.1 Å². The molecule has 2 aliphatic rings. The van der Waals surface area contributed by atoms with Crippen LogP contribution in [0.4, 0.5) is 23.2 Å². The third-order valence-corrected chi connectivity index (χ3v) is 4.77. The third-order valence-electron chi connectivity index (χ3n) is 4.77. The lowest BCUT2D eigenvalue weighted by Crippen LogP contribution is -2.28. The van der Waals surface area contributed by atoms with E-state index in [0.717, 1.165) is 30.5 Å². The van der Waals surface area contributed by atoms with Crippen molar-refractivity contribution in [2.24, 2.45) is 5.92 Å². The fraction of sp³-hybridized carbons (Fsp3) is 0.278. The van der Waals surface area contributed by atoms with Gasteiger partial charge >= 0.3 is 13.3 Å². The van der Waals surface area contributed by atoms with Crippen LogP contribution in [0.3, 0.4) is 0 Å². The number of carbonyl (C=O) groups excluding carboxylic acids is 1. The Morgan fingerprint density at radius 2 is 1.93 bits per heavy atom. The molecule has 1 fully saturated rings. The molecule has 2 aromatic rings. The first-order chi connectivity index (χ1) is 12.7. The molecule has 1 saturated carbocycles. The third kappa shape index (κ3) is 3.44. The molecule has 140 valence electrons. The van der Waals surface area contributed by atoms with E-state index in [-0.39, 0.29) is 17.9 Å². The Morgan fingerprint density at radius 3 is 2.59 bits per heavy atom. The van der Waals surface area contributed by atoms with Crippen molar-refractivity contribution < 1.29 is 32.0 Å². The number of anilines is 1. The highest BCUT2D eigenvalue weighted by Gasteiger charge is 2.43. The Balaban J connectivity index is 1.60. The quantitative estimate of drug-likeness (QED) is 0.636. The topological polar surface area (TPSA) is 58.6 Å². The Kier molecular flexibility index (Phi) is 4.23. The average Bonchev–Trinajstić information content (AvgIpc) is 3.39. The lowest BCUT2D eigenvalue weighted by Gasteiger charge is -2.14. The van der Waals surface area contributed by atoms with Gasteiger partial charge in [0.2, 0.25) is 0 Å². The Hall–Kier alpha value is -2.39. The first kappa shape index (κ1) is 18.0. The van der Waals surface area contributed by atoms with Gasteiger partial charge in [-0.15, -0.1) is 0 Å². The van der Waals surface area contributed by atoms with Crippen LogP contribution in [-0.4, -0.2) is 18.0 Å². The monoisotopic (exact) mass is 379 g/mol. The van der Waals surface area contributed by atoms with Crippen LogP contribution in [0.5, 0.6) is 0 Å². The molecule has 1 amide bonds. The molecule has 1 aliphatic carbocycles. The number of rotatable bonds is 3. The van der Waals surface area contributed by atoms with E-state index >= 15 is 0 Å². The van der Waals surface area contributed by atoms with Crippen LogP contribution in [0.1, 0.15) is 40.4 Å². The zero-order chi connectivity index (χ0) is 19.3. The molecule has 2 aromatic carbocycles. The molecule has 1 unspecified atom stereocenters. The van der Waals surface area contributed by atoms with Crippen molar-refractivity contribution in [2.45, 2.75) is 25.1 Å². The molecule has 0 saturated heterocycles. The number of fused-ring (bicyclic) bond motifs is 1. The highest BCUT2D eigenvalue weighted by Crippen LogP contribution is 2.45. The van der Waals surface area contributed by atoms with Gasteiger partial charge in [-0.2, -0.15) is 13.2 Å². The molecule has 0 radical (unpaired) electrons. The van der Waals surface area contributed by atoms with Crippen LogP contribution in [0.2, 0.25) is 0 Å². The van der Waals surface area contributed by atoms with E-state index in [1.54, 1.807) is 12.1 Å². The van der Waals surface area contributed by atoms with E-state index < -0.39 is 36.1 Å². The fourth-order valence-electron chi connectivity index (χ4n) is 3.32. The minimum absolute atomic E-state index is 0.200. The molecule has 1 aliphatic heterocycles. The molecule has 2 N–H and O–H groups in total. The van der Waals surface area contributed by atoms with Gasteiger partial charge in [0.05, 0.1) is 17.2 Å². The summed E-state index contributed by atoms with van der Waals surface area (Å²) in [6.45, 7) is 0. The number of nitrogens with one attached hydrogen (secondary N) is 1. The maximum Gasteiger partial charge on any atom is 0.492 e. The predicted octanol–water partition coefficient (Wildman–Crippen LogP) is 3.27. The van der Waals surface area contributed by atoms with Gasteiger partial charge in [-0.25, -0.2) is 4.39 Å². The summed E-state index contributed by atoms with van der Waals surface area (Å²) >= 11 is 0. The number of benzene rings is 2. The highest BCUT2D eigenvalue weighted by molar-refractivity contribution is 6.62.